The van der Waals surface area contributed by atoms with Crippen LogP contribution in [-0.2, 0) is 12.8 Å². The van der Waals surface area contributed by atoms with Crippen molar-refractivity contribution in [2.45, 2.75) is 39.0 Å². The van der Waals surface area contributed by atoms with Gasteiger partial charge in [0.15, 0.2) is 5.11 Å². The topological polar surface area (TPSA) is 64.9 Å². The molecule has 0 atom stereocenters. The molecule has 1 aromatic carbocycles. The Morgan fingerprint density at radius 1 is 1.28 bits per heavy atom. The second kappa shape index (κ2) is 7.34. The van der Waals surface area contributed by atoms with Gasteiger partial charge in [-0.05, 0) is 60.7 Å². The van der Waals surface area contributed by atoms with Gasteiger partial charge in [-0.15, -0.1) is 11.3 Å². The third-order valence-corrected chi connectivity index (χ3v) is 5.74. The highest BCUT2D eigenvalue weighted by molar-refractivity contribution is 7.80. The number of carbonyl (C=O) groups excluding carboxylic acids is 1. The lowest BCUT2D eigenvalue weighted by Gasteiger charge is -2.10. The molecule has 0 spiro atoms. The van der Waals surface area contributed by atoms with Crippen molar-refractivity contribution in [1.82, 2.24) is 5.32 Å². The highest BCUT2D eigenvalue weighted by atomic mass is 32.1. The molecule has 25 heavy (non-hydrogen) atoms. The van der Waals surface area contributed by atoms with Crippen LogP contribution < -0.4 is 10.6 Å². The molecule has 4 nitrogen and oxygen atoms in total. The van der Waals surface area contributed by atoms with Gasteiger partial charge >= 0.3 is 0 Å². The summed E-state index contributed by atoms with van der Waals surface area (Å²) in [5.41, 5.74) is 3.54. The first-order valence-corrected chi connectivity index (χ1v) is 9.49. The van der Waals surface area contributed by atoms with Crippen LogP contribution in [0, 0.1) is 11.3 Å². The second-order valence-electron chi connectivity index (χ2n) is 6.36. The maximum Gasteiger partial charge on any atom is 0.257 e. The van der Waals surface area contributed by atoms with Gasteiger partial charge in [-0.1, -0.05) is 26.0 Å². The summed E-state index contributed by atoms with van der Waals surface area (Å²) in [6.07, 6.45) is 3.05. The fourth-order valence-corrected chi connectivity index (χ4v) is 4.44. The number of benzene rings is 1. The number of nitriles is 1. The molecule has 3 rings (SSSR count). The van der Waals surface area contributed by atoms with Crippen molar-refractivity contribution in [3.05, 3.63) is 51.4 Å². The smallest absolute Gasteiger partial charge is 0.257 e. The summed E-state index contributed by atoms with van der Waals surface area (Å²) in [4.78, 5) is 13.6. The standard InChI is InChI=1S/C19H19N3OS2/c1-11(2)12-6-8-13(9-7-12)17(23)21-19(24)22-18-15(10-20)14-4-3-5-16(14)25-18/h6-9,11H,3-5H2,1-2H3,(H2,21,22,23,24). The Labute approximate surface area is 156 Å². The van der Waals surface area contributed by atoms with Crippen LogP contribution in [0.5, 0.6) is 0 Å². The molecule has 0 saturated heterocycles. The summed E-state index contributed by atoms with van der Waals surface area (Å²) < 4.78 is 0. The molecule has 2 aromatic rings. The fraction of sp³-hybridized carbons (Fsp3) is 0.316. The minimum Gasteiger partial charge on any atom is -0.323 e. The Hall–Kier alpha value is -2.23. The molecule has 1 amide bonds. The molecule has 128 valence electrons. The van der Waals surface area contributed by atoms with Crippen LogP contribution in [0.4, 0.5) is 5.00 Å². The van der Waals surface area contributed by atoms with Gasteiger partial charge in [0, 0.05) is 10.4 Å². The molecule has 0 saturated carbocycles. The monoisotopic (exact) mass is 369 g/mol. The molecule has 1 aromatic heterocycles. The zero-order chi connectivity index (χ0) is 18.0. The Kier molecular flexibility index (Phi) is 5.16. The zero-order valence-electron chi connectivity index (χ0n) is 14.2. The highest BCUT2D eigenvalue weighted by Gasteiger charge is 2.22. The van der Waals surface area contributed by atoms with E-state index < -0.39 is 0 Å². The van der Waals surface area contributed by atoms with E-state index in [4.69, 9.17) is 12.2 Å². The van der Waals surface area contributed by atoms with E-state index >= 15 is 0 Å². The number of carbonyl (C=O) groups is 1. The van der Waals surface area contributed by atoms with Gasteiger partial charge < -0.3 is 5.32 Å². The van der Waals surface area contributed by atoms with Crippen LogP contribution >= 0.6 is 23.6 Å². The Morgan fingerprint density at radius 2 is 2.00 bits per heavy atom. The fourth-order valence-electron chi connectivity index (χ4n) is 2.94. The molecule has 0 radical (unpaired) electrons. The van der Waals surface area contributed by atoms with E-state index in [1.165, 1.54) is 10.4 Å². The van der Waals surface area contributed by atoms with E-state index in [2.05, 4.69) is 30.6 Å². The number of anilines is 1. The van der Waals surface area contributed by atoms with E-state index in [1.807, 2.05) is 12.1 Å². The molecule has 1 aliphatic carbocycles. The van der Waals surface area contributed by atoms with Crippen molar-refractivity contribution in [3.63, 3.8) is 0 Å². The molecule has 1 aliphatic rings. The number of nitrogens with one attached hydrogen (secondary N) is 2. The van der Waals surface area contributed by atoms with E-state index in [9.17, 15) is 10.1 Å². The molecule has 1 heterocycles. The van der Waals surface area contributed by atoms with E-state index in [0.717, 1.165) is 29.8 Å². The lowest BCUT2D eigenvalue weighted by Crippen LogP contribution is -2.34. The first kappa shape index (κ1) is 17.6. The van der Waals surface area contributed by atoms with Crippen molar-refractivity contribution >= 4 is 39.6 Å². The maximum absolute atomic E-state index is 12.3. The Bertz CT molecular complexity index is 860. The second-order valence-corrected chi connectivity index (χ2v) is 7.87. The number of thiocarbonyl (C=S) groups is 1. The first-order valence-electron chi connectivity index (χ1n) is 8.26. The molecular weight excluding hydrogens is 350 g/mol. The third kappa shape index (κ3) is 3.73. The maximum atomic E-state index is 12.3. The highest BCUT2D eigenvalue weighted by Crippen LogP contribution is 2.38. The number of aryl methyl sites for hydroxylation is 1. The zero-order valence-corrected chi connectivity index (χ0v) is 15.8. The lowest BCUT2D eigenvalue weighted by molar-refractivity contribution is 0.0977. The third-order valence-electron chi connectivity index (χ3n) is 4.33. The van der Waals surface area contributed by atoms with Crippen molar-refractivity contribution in [3.8, 4) is 6.07 Å². The molecule has 0 aliphatic heterocycles. The van der Waals surface area contributed by atoms with Crippen molar-refractivity contribution in [2.24, 2.45) is 0 Å². The van der Waals surface area contributed by atoms with Gasteiger partial charge in [-0.2, -0.15) is 5.26 Å². The predicted molar refractivity (Wildman–Crippen MR) is 105 cm³/mol. The quantitative estimate of drug-likeness (QED) is 0.789. The van der Waals surface area contributed by atoms with Crippen LogP contribution in [0.15, 0.2) is 24.3 Å². The number of hydrogen-bond donors (Lipinski definition) is 2. The van der Waals surface area contributed by atoms with Gasteiger partial charge in [0.05, 0.1) is 5.56 Å². The first-order chi connectivity index (χ1) is 12.0. The van der Waals surface area contributed by atoms with Gasteiger partial charge in [-0.25, -0.2) is 0 Å². The van der Waals surface area contributed by atoms with E-state index in [0.29, 0.717) is 17.0 Å². The summed E-state index contributed by atoms with van der Waals surface area (Å²) in [7, 11) is 0. The summed E-state index contributed by atoms with van der Waals surface area (Å²) in [6, 6.07) is 9.76. The van der Waals surface area contributed by atoms with E-state index in [1.54, 1.807) is 23.5 Å². The molecular formula is C19H19N3OS2. The van der Waals surface area contributed by atoms with Crippen LogP contribution in [-0.4, -0.2) is 11.0 Å². The van der Waals surface area contributed by atoms with Crippen LogP contribution in [0.3, 0.4) is 0 Å². The van der Waals surface area contributed by atoms with E-state index in [-0.39, 0.29) is 11.0 Å². The van der Waals surface area contributed by atoms with Gasteiger partial charge in [0.1, 0.15) is 11.1 Å². The van der Waals surface area contributed by atoms with Crippen molar-refractivity contribution in [2.75, 3.05) is 5.32 Å². The lowest BCUT2D eigenvalue weighted by atomic mass is 10.0. The van der Waals surface area contributed by atoms with Gasteiger partial charge in [0.2, 0.25) is 0 Å². The van der Waals surface area contributed by atoms with Crippen LogP contribution in [0.25, 0.3) is 0 Å². The van der Waals surface area contributed by atoms with Crippen LogP contribution in [0.1, 0.15) is 58.1 Å². The summed E-state index contributed by atoms with van der Waals surface area (Å²) in [5, 5.41) is 16.1. The SMILES string of the molecule is CC(C)c1ccc(C(=O)NC(=S)Nc2sc3c(c2C#N)CCC3)cc1. The number of hydrogen-bond acceptors (Lipinski definition) is 4. The predicted octanol–water partition coefficient (Wildman–Crippen LogP) is 4.36. The number of thiophene rings is 1. The summed E-state index contributed by atoms with van der Waals surface area (Å²) in [6.45, 7) is 4.22. The largest absolute Gasteiger partial charge is 0.323 e. The number of rotatable bonds is 3. The molecule has 6 heteroatoms. The van der Waals surface area contributed by atoms with Crippen molar-refractivity contribution < 1.29 is 4.79 Å². The normalized spacial score (nSPS) is 12.6. The summed E-state index contributed by atoms with van der Waals surface area (Å²) >= 11 is 6.81. The molecule has 0 bridgehead atoms. The van der Waals surface area contributed by atoms with Gasteiger partial charge in [0.25, 0.3) is 5.91 Å². The summed E-state index contributed by atoms with van der Waals surface area (Å²) in [5.74, 6) is 0.167. The molecule has 0 fully saturated rings. The van der Waals surface area contributed by atoms with Crippen molar-refractivity contribution in [1.29, 1.82) is 5.26 Å². The molecule has 2 N–H and O–H groups in total. The average molecular weight is 370 g/mol. The van der Waals surface area contributed by atoms with Crippen LogP contribution in [0.2, 0.25) is 0 Å². The molecule has 0 unspecified atom stereocenters. The number of fused-ring (bicyclic) bond motifs is 1. The number of nitrogens with zero attached hydrogens (tertiary/aromatic N) is 1. The number of amides is 1. The Morgan fingerprint density at radius 3 is 2.64 bits per heavy atom. The average Bonchev–Trinajstić information content (AvgIpc) is 3.15. The minimum absolute atomic E-state index is 0.217. The minimum atomic E-state index is -0.254. The Balaban J connectivity index is 1.67. The van der Waals surface area contributed by atoms with Gasteiger partial charge in [-0.3, -0.25) is 10.1 Å².